The largest absolute Gasteiger partial charge is 0.324 e. The van der Waals surface area contributed by atoms with Crippen molar-refractivity contribution in [3.63, 3.8) is 0 Å². The highest BCUT2D eigenvalue weighted by atomic mass is 35.5. The third-order valence-electron chi connectivity index (χ3n) is 2.57. The number of aromatic amines is 1. The quantitative estimate of drug-likeness (QED) is 0.787. The number of rotatable bonds is 4. The van der Waals surface area contributed by atoms with Gasteiger partial charge in [0.15, 0.2) is 5.82 Å². The molecule has 1 aromatic heterocycles. The topological polar surface area (TPSA) is 69.8 Å². The third kappa shape index (κ3) is 3.88. The number of anilines is 2. The second kappa shape index (κ2) is 6.63. The minimum Gasteiger partial charge on any atom is -0.306 e. The first kappa shape index (κ1) is 14.7. The maximum Gasteiger partial charge on any atom is 0.324 e. The fourth-order valence-corrected chi connectivity index (χ4v) is 2.02. The first-order valence-corrected chi connectivity index (χ1v) is 6.91. The van der Waals surface area contributed by atoms with Crippen molar-refractivity contribution in [2.75, 3.05) is 10.6 Å². The normalized spacial score (nSPS) is 10.3. The zero-order valence-corrected chi connectivity index (χ0v) is 12.3. The first-order chi connectivity index (χ1) is 9.58. The fourth-order valence-electron chi connectivity index (χ4n) is 1.69. The van der Waals surface area contributed by atoms with E-state index in [-0.39, 0.29) is 0 Å². The smallest absolute Gasteiger partial charge is 0.306 e. The zero-order valence-electron chi connectivity index (χ0n) is 10.8. The fraction of sp³-hybridized carbons (Fsp3) is 0.231. The van der Waals surface area contributed by atoms with E-state index in [1.54, 1.807) is 24.3 Å². The van der Waals surface area contributed by atoms with E-state index in [4.69, 9.17) is 23.2 Å². The number of hydrogen-bond acceptors (Lipinski definition) is 2. The van der Waals surface area contributed by atoms with Gasteiger partial charge < -0.3 is 5.32 Å². The van der Waals surface area contributed by atoms with Crippen molar-refractivity contribution in [3.05, 3.63) is 40.0 Å². The van der Waals surface area contributed by atoms with Crippen LogP contribution in [-0.4, -0.2) is 16.2 Å². The Morgan fingerprint density at radius 1 is 1.30 bits per heavy atom. The lowest BCUT2D eigenvalue weighted by molar-refractivity contribution is 0.262. The Morgan fingerprint density at radius 3 is 2.85 bits per heavy atom. The second-order valence-electron chi connectivity index (χ2n) is 4.23. The van der Waals surface area contributed by atoms with E-state index in [0.717, 1.165) is 18.5 Å². The average molecular weight is 313 g/mol. The molecule has 0 aliphatic carbocycles. The molecule has 20 heavy (non-hydrogen) atoms. The second-order valence-corrected chi connectivity index (χ2v) is 5.08. The minimum absolute atomic E-state index is 0.415. The molecule has 0 saturated carbocycles. The number of carbonyl (C=O) groups is 1. The predicted molar refractivity (Wildman–Crippen MR) is 81.7 cm³/mol. The molecule has 0 saturated heterocycles. The SMILES string of the molecule is CCCc1cc(NC(=O)Nc2cc(Cl)ccc2Cl)n[nH]1. The number of benzene rings is 1. The number of aryl methyl sites for hydroxylation is 1. The van der Waals surface area contributed by atoms with Crippen molar-refractivity contribution in [1.82, 2.24) is 10.2 Å². The number of nitrogens with zero attached hydrogens (tertiary/aromatic N) is 1. The van der Waals surface area contributed by atoms with E-state index in [1.165, 1.54) is 0 Å². The predicted octanol–water partition coefficient (Wildman–Crippen LogP) is 4.31. The summed E-state index contributed by atoms with van der Waals surface area (Å²) in [7, 11) is 0. The number of aromatic nitrogens is 2. The van der Waals surface area contributed by atoms with Crippen molar-refractivity contribution in [3.8, 4) is 0 Å². The van der Waals surface area contributed by atoms with Gasteiger partial charge in [0.2, 0.25) is 0 Å². The lowest BCUT2D eigenvalue weighted by Crippen LogP contribution is -2.19. The van der Waals surface area contributed by atoms with Gasteiger partial charge in [0.1, 0.15) is 0 Å². The minimum atomic E-state index is -0.427. The maximum absolute atomic E-state index is 11.8. The summed E-state index contributed by atoms with van der Waals surface area (Å²) in [6.45, 7) is 2.07. The Labute approximate surface area is 126 Å². The highest BCUT2D eigenvalue weighted by Crippen LogP contribution is 2.25. The molecule has 0 unspecified atom stereocenters. The zero-order chi connectivity index (χ0) is 14.5. The molecule has 2 amide bonds. The summed E-state index contributed by atoms with van der Waals surface area (Å²) in [5.41, 5.74) is 1.42. The Bertz CT molecular complexity index is 612. The molecule has 3 N–H and O–H groups in total. The van der Waals surface area contributed by atoms with Crippen molar-refractivity contribution in [2.24, 2.45) is 0 Å². The number of H-pyrrole nitrogens is 1. The Balaban J connectivity index is 1.99. The molecule has 1 aromatic carbocycles. The molecule has 0 spiro atoms. The van der Waals surface area contributed by atoms with Gasteiger partial charge in [-0.05, 0) is 24.6 Å². The van der Waals surface area contributed by atoms with E-state index in [1.807, 2.05) is 0 Å². The molecule has 2 aromatic rings. The van der Waals surface area contributed by atoms with E-state index in [0.29, 0.717) is 21.6 Å². The monoisotopic (exact) mass is 312 g/mol. The summed E-state index contributed by atoms with van der Waals surface area (Å²) in [4.78, 5) is 11.8. The molecule has 1 heterocycles. The van der Waals surface area contributed by atoms with E-state index in [2.05, 4.69) is 27.8 Å². The Morgan fingerprint density at radius 2 is 2.10 bits per heavy atom. The van der Waals surface area contributed by atoms with Crippen molar-refractivity contribution < 1.29 is 4.79 Å². The molecule has 106 valence electrons. The molecule has 0 aliphatic heterocycles. The standard InChI is InChI=1S/C13H14Cl2N4O/c1-2-3-9-7-12(19-18-9)17-13(20)16-11-6-8(14)4-5-10(11)15/h4-7H,2-3H2,1H3,(H3,16,17,18,19,20). The van der Waals surface area contributed by atoms with Crippen molar-refractivity contribution in [1.29, 1.82) is 0 Å². The molecule has 0 radical (unpaired) electrons. The Kier molecular flexibility index (Phi) is 4.87. The van der Waals surface area contributed by atoms with Gasteiger partial charge in [0, 0.05) is 16.8 Å². The molecule has 0 bridgehead atoms. The molecule has 2 rings (SSSR count). The lowest BCUT2D eigenvalue weighted by Gasteiger charge is -2.07. The summed E-state index contributed by atoms with van der Waals surface area (Å²) in [5, 5.41) is 13.0. The number of hydrogen-bond donors (Lipinski definition) is 3. The third-order valence-corrected chi connectivity index (χ3v) is 3.13. The van der Waals surface area contributed by atoms with Crippen molar-refractivity contribution >= 4 is 40.7 Å². The summed E-state index contributed by atoms with van der Waals surface area (Å²) < 4.78 is 0. The van der Waals surface area contributed by atoms with Crippen LogP contribution in [0.25, 0.3) is 0 Å². The van der Waals surface area contributed by atoms with Crippen LogP contribution in [0.4, 0.5) is 16.3 Å². The van der Waals surface area contributed by atoms with Gasteiger partial charge in [-0.25, -0.2) is 4.79 Å². The molecule has 7 heteroatoms. The van der Waals surface area contributed by atoms with Gasteiger partial charge in [0.05, 0.1) is 10.7 Å². The van der Waals surface area contributed by atoms with Crippen LogP contribution in [0, 0.1) is 0 Å². The van der Waals surface area contributed by atoms with Gasteiger partial charge in [-0.15, -0.1) is 0 Å². The summed E-state index contributed by atoms with van der Waals surface area (Å²) in [6, 6.07) is 6.22. The average Bonchev–Trinajstić information content (AvgIpc) is 2.81. The summed E-state index contributed by atoms with van der Waals surface area (Å²) >= 11 is 11.8. The molecule has 0 atom stereocenters. The molecular formula is C13H14Cl2N4O. The number of halogens is 2. The van der Waals surface area contributed by atoms with Crippen LogP contribution in [0.5, 0.6) is 0 Å². The van der Waals surface area contributed by atoms with Crippen LogP contribution in [0.3, 0.4) is 0 Å². The number of nitrogens with one attached hydrogen (secondary N) is 3. The van der Waals surface area contributed by atoms with Gasteiger partial charge >= 0.3 is 6.03 Å². The van der Waals surface area contributed by atoms with Crippen LogP contribution in [-0.2, 0) is 6.42 Å². The van der Waals surface area contributed by atoms with Crippen LogP contribution in [0.2, 0.25) is 10.0 Å². The number of amides is 2. The van der Waals surface area contributed by atoms with Crippen LogP contribution in [0.15, 0.2) is 24.3 Å². The summed E-state index contributed by atoms with van der Waals surface area (Å²) in [5.74, 6) is 0.462. The summed E-state index contributed by atoms with van der Waals surface area (Å²) in [6.07, 6.45) is 1.89. The van der Waals surface area contributed by atoms with Gasteiger partial charge in [-0.2, -0.15) is 5.10 Å². The van der Waals surface area contributed by atoms with E-state index in [9.17, 15) is 4.79 Å². The number of carbonyl (C=O) groups excluding carboxylic acids is 1. The van der Waals surface area contributed by atoms with E-state index < -0.39 is 6.03 Å². The van der Waals surface area contributed by atoms with Crippen LogP contribution in [0.1, 0.15) is 19.0 Å². The maximum atomic E-state index is 11.8. The van der Waals surface area contributed by atoms with Crippen molar-refractivity contribution in [2.45, 2.75) is 19.8 Å². The Hall–Kier alpha value is -1.72. The first-order valence-electron chi connectivity index (χ1n) is 6.16. The van der Waals surface area contributed by atoms with Crippen LogP contribution >= 0.6 is 23.2 Å². The highest BCUT2D eigenvalue weighted by molar-refractivity contribution is 6.35. The lowest BCUT2D eigenvalue weighted by atomic mass is 10.2. The van der Waals surface area contributed by atoms with Gasteiger partial charge in [-0.3, -0.25) is 10.4 Å². The van der Waals surface area contributed by atoms with Crippen LogP contribution < -0.4 is 10.6 Å². The van der Waals surface area contributed by atoms with E-state index >= 15 is 0 Å². The molecule has 0 aliphatic rings. The van der Waals surface area contributed by atoms with Gasteiger partial charge in [0.25, 0.3) is 0 Å². The highest BCUT2D eigenvalue weighted by Gasteiger charge is 2.08. The number of urea groups is 1. The van der Waals surface area contributed by atoms with Gasteiger partial charge in [-0.1, -0.05) is 36.5 Å². The molecule has 5 nitrogen and oxygen atoms in total. The molecular weight excluding hydrogens is 299 g/mol. The molecule has 0 fully saturated rings.